The van der Waals surface area contributed by atoms with Gasteiger partial charge in [-0.1, -0.05) is 6.07 Å². The van der Waals surface area contributed by atoms with E-state index in [4.69, 9.17) is 10.4 Å². The zero-order valence-electron chi connectivity index (χ0n) is 10.5. The lowest BCUT2D eigenvalue weighted by molar-refractivity contribution is -0.143. The Balaban J connectivity index is 1.96. The molecule has 0 aliphatic carbocycles. The van der Waals surface area contributed by atoms with E-state index in [2.05, 4.69) is 0 Å². The van der Waals surface area contributed by atoms with E-state index in [0.29, 0.717) is 43.6 Å². The molecule has 0 saturated carbocycles. The Bertz CT molecular complexity index is 517. The van der Waals surface area contributed by atoms with Gasteiger partial charge in [-0.3, -0.25) is 9.69 Å². The van der Waals surface area contributed by atoms with Crippen molar-refractivity contribution in [2.45, 2.75) is 19.4 Å². The molecule has 0 aromatic heterocycles. The highest BCUT2D eigenvalue weighted by Gasteiger charge is 2.24. The van der Waals surface area contributed by atoms with Crippen LogP contribution in [0.15, 0.2) is 18.2 Å². The van der Waals surface area contributed by atoms with Gasteiger partial charge in [-0.25, -0.2) is 4.39 Å². The Hall–Kier alpha value is -1.93. The Morgan fingerprint density at radius 1 is 1.47 bits per heavy atom. The maximum Gasteiger partial charge on any atom is 0.306 e. The van der Waals surface area contributed by atoms with E-state index in [0.717, 1.165) is 0 Å². The van der Waals surface area contributed by atoms with Crippen molar-refractivity contribution in [2.24, 2.45) is 5.92 Å². The van der Waals surface area contributed by atoms with Crippen LogP contribution in [0.1, 0.15) is 24.0 Å². The normalized spacial score (nSPS) is 17.1. The third-order valence-electron chi connectivity index (χ3n) is 3.51. The molecule has 4 nitrogen and oxygen atoms in total. The molecule has 1 aliphatic heterocycles. The maximum atomic E-state index is 13.7. The molecule has 1 fully saturated rings. The van der Waals surface area contributed by atoms with E-state index >= 15 is 0 Å². The minimum absolute atomic E-state index is 0.276. The molecule has 5 heteroatoms. The summed E-state index contributed by atoms with van der Waals surface area (Å²) in [7, 11) is 0. The third-order valence-corrected chi connectivity index (χ3v) is 3.51. The molecule has 1 saturated heterocycles. The zero-order chi connectivity index (χ0) is 13.8. The number of likely N-dealkylation sites (tertiary alicyclic amines) is 1. The van der Waals surface area contributed by atoms with Gasteiger partial charge in [0.05, 0.1) is 17.6 Å². The van der Waals surface area contributed by atoms with Gasteiger partial charge in [0.15, 0.2) is 0 Å². The van der Waals surface area contributed by atoms with Gasteiger partial charge >= 0.3 is 5.97 Å². The van der Waals surface area contributed by atoms with Gasteiger partial charge in [-0.2, -0.15) is 5.26 Å². The van der Waals surface area contributed by atoms with Crippen molar-refractivity contribution in [2.75, 3.05) is 13.1 Å². The highest BCUT2D eigenvalue weighted by atomic mass is 19.1. The average molecular weight is 262 g/mol. The second kappa shape index (κ2) is 5.81. The first-order valence-corrected chi connectivity index (χ1v) is 6.24. The van der Waals surface area contributed by atoms with Crippen LogP contribution in [-0.2, 0) is 11.3 Å². The number of aliphatic carboxylic acids is 1. The SMILES string of the molecule is N#Cc1ccc(CN2CCC(C(=O)O)CC2)c(F)c1. The van der Waals surface area contributed by atoms with Crippen LogP contribution >= 0.6 is 0 Å². The molecule has 0 spiro atoms. The number of piperidine rings is 1. The molecule has 1 aliphatic rings. The first kappa shape index (κ1) is 13.5. The highest BCUT2D eigenvalue weighted by Crippen LogP contribution is 2.20. The third kappa shape index (κ3) is 3.30. The Kier molecular flexibility index (Phi) is 4.13. The fourth-order valence-electron chi connectivity index (χ4n) is 2.32. The van der Waals surface area contributed by atoms with Gasteiger partial charge in [-0.15, -0.1) is 0 Å². The second-order valence-electron chi connectivity index (χ2n) is 4.81. The number of carboxylic acid groups (broad SMARTS) is 1. The first-order valence-electron chi connectivity index (χ1n) is 6.24. The number of hydrogen-bond acceptors (Lipinski definition) is 3. The van der Waals surface area contributed by atoms with Crippen molar-refractivity contribution in [1.82, 2.24) is 4.90 Å². The van der Waals surface area contributed by atoms with Crippen molar-refractivity contribution < 1.29 is 14.3 Å². The van der Waals surface area contributed by atoms with Crippen molar-refractivity contribution >= 4 is 5.97 Å². The summed E-state index contributed by atoms with van der Waals surface area (Å²) in [6.07, 6.45) is 1.21. The highest BCUT2D eigenvalue weighted by molar-refractivity contribution is 5.70. The van der Waals surface area contributed by atoms with Crippen LogP contribution in [0, 0.1) is 23.1 Å². The van der Waals surface area contributed by atoms with Crippen LogP contribution in [0.3, 0.4) is 0 Å². The molecule has 0 atom stereocenters. The monoisotopic (exact) mass is 262 g/mol. The lowest BCUT2D eigenvalue weighted by Gasteiger charge is -2.30. The number of carboxylic acids is 1. The molecule has 0 radical (unpaired) electrons. The summed E-state index contributed by atoms with van der Waals surface area (Å²) in [6.45, 7) is 1.79. The summed E-state index contributed by atoms with van der Waals surface area (Å²) in [4.78, 5) is 12.9. The van der Waals surface area contributed by atoms with Gasteiger partial charge in [0.2, 0.25) is 0 Å². The number of halogens is 1. The van der Waals surface area contributed by atoms with Gasteiger partial charge in [0.25, 0.3) is 0 Å². The molecule has 0 amide bonds. The molecule has 1 aromatic carbocycles. The molecule has 0 unspecified atom stereocenters. The van der Waals surface area contributed by atoms with Crippen molar-refractivity contribution in [3.63, 3.8) is 0 Å². The molecule has 100 valence electrons. The summed E-state index contributed by atoms with van der Waals surface area (Å²) in [5.74, 6) is -1.40. The van der Waals surface area contributed by atoms with Crippen LogP contribution in [0.25, 0.3) is 0 Å². The molecule has 1 aromatic rings. The fraction of sp³-hybridized carbons (Fsp3) is 0.429. The maximum absolute atomic E-state index is 13.7. The van der Waals surface area contributed by atoms with Gasteiger partial charge in [0.1, 0.15) is 5.82 Å². The van der Waals surface area contributed by atoms with Crippen LogP contribution in [-0.4, -0.2) is 29.1 Å². The van der Waals surface area contributed by atoms with E-state index in [1.807, 2.05) is 11.0 Å². The average Bonchev–Trinajstić information content (AvgIpc) is 2.41. The Morgan fingerprint density at radius 2 is 2.16 bits per heavy atom. The summed E-state index contributed by atoms with van der Waals surface area (Å²) >= 11 is 0. The van der Waals surface area contributed by atoms with Crippen molar-refractivity contribution in [1.29, 1.82) is 5.26 Å². The largest absolute Gasteiger partial charge is 0.481 e. The van der Waals surface area contributed by atoms with Crippen molar-refractivity contribution in [3.8, 4) is 6.07 Å². The molecule has 19 heavy (non-hydrogen) atoms. The van der Waals surface area contributed by atoms with E-state index in [9.17, 15) is 9.18 Å². The van der Waals surface area contributed by atoms with E-state index in [-0.39, 0.29) is 11.7 Å². The van der Waals surface area contributed by atoms with Gasteiger partial charge in [-0.05, 0) is 38.1 Å². The summed E-state index contributed by atoms with van der Waals surface area (Å²) in [5, 5.41) is 17.6. The molecule has 0 bridgehead atoms. The predicted octanol–water partition coefficient (Wildman–Crippen LogP) is 1.99. The van der Waals surface area contributed by atoms with E-state index in [1.165, 1.54) is 6.07 Å². The lowest BCUT2D eigenvalue weighted by Crippen LogP contribution is -2.36. The van der Waals surface area contributed by atoms with Gasteiger partial charge in [0, 0.05) is 12.1 Å². The molecule has 1 N–H and O–H groups in total. The minimum atomic E-state index is -0.746. The fourth-order valence-corrected chi connectivity index (χ4v) is 2.32. The predicted molar refractivity (Wildman–Crippen MR) is 66.8 cm³/mol. The van der Waals surface area contributed by atoms with Crippen LogP contribution in [0.5, 0.6) is 0 Å². The number of rotatable bonds is 3. The second-order valence-corrected chi connectivity index (χ2v) is 4.81. The molecule has 2 rings (SSSR count). The summed E-state index contributed by atoms with van der Waals surface area (Å²) < 4.78 is 13.7. The molecule has 1 heterocycles. The number of benzene rings is 1. The zero-order valence-corrected chi connectivity index (χ0v) is 10.5. The van der Waals surface area contributed by atoms with Crippen LogP contribution in [0.2, 0.25) is 0 Å². The number of nitrogens with zero attached hydrogens (tertiary/aromatic N) is 2. The number of carbonyl (C=O) groups is 1. The summed E-state index contributed by atoms with van der Waals surface area (Å²) in [6, 6.07) is 6.36. The quantitative estimate of drug-likeness (QED) is 0.904. The topological polar surface area (TPSA) is 64.3 Å². The number of nitriles is 1. The number of hydrogen-bond donors (Lipinski definition) is 1. The first-order chi connectivity index (χ1) is 9.10. The van der Waals surface area contributed by atoms with Gasteiger partial charge < -0.3 is 5.11 Å². The molecular formula is C14H15FN2O2. The standard InChI is InChI=1S/C14H15FN2O2/c15-13-7-10(8-16)1-2-12(13)9-17-5-3-11(4-6-17)14(18)19/h1-2,7,11H,3-6,9H2,(H,18,19). The van der Waals surface area contributed by atoms with E-state index in [1.54, 1.807) is 12.1 Å². The van der Waals surface area contributed by atoms with Crippen LogP contribution in [0.4, 0.5) is 4.39 Å². The van der Waals surface area contributed by atoms with Crippen LogP contribution < -0.4 is 0 Å². The minimum Gasteiger partial charge on any atom is -0.481 e. The lowest BCUT2D eigenvalue weighted by atomic mass is 9.96. The summed E-state index contributed by atoms with van der Waals surface area (Å²) in [5.41, 5.74) is 0.860. The molecular weight excluding hydrogens is 247 g/mol. The van der Waals surface area contributed by atoms with Crippen molar-refractivity contribution in [3.05, 3.63) is 35.1 Å². The van der Waals surface area contributed by atoms with E-state index < -0.39 is 5.97 Å². The Morgan fingerprint density at radius 3 is 2.68 bits per heavy atom. The Labute approximate surface area is 111 Å². The smallest absolute Gasteiger partial charge is 0.306 e.